The van der Waals surface area contributed by atoms with Gasteiger partial charge in [-0.3, -0.25) is 4.90 Å². The van der Waals surface area contributed by atoms with Crippen LogP contribution in [0.15, 0.2) is 18.2 Å². The molecule has 2 rings (SSSR count). The molecule has 0 saturated carbocycles. The molecule has 1 heterocycles. The molecule has 1 fully saturated rings. The van der Waals surface area contributed by atoms with Crippen LogP contribution in [0.3, 0.4) is 0 Å². The van der Waals surface area contributed by atoms with Gasteiger partial charge in [-0.25, -0.2) is 4.79 Å². The fourth-order valence-electron chi connectivity index (χ4n) is 1.83. The summed E-state index contributed by atoms with van der Waals surface area (Å²) in [7, 11) is 0. The molecule has 104 valence electrons. The van der Waals surface area contributed by atoms with E-state index < -0.39 is 0 Å². The van der Waals surface area contributed by atoms with Crippen LogP contribution >= 0.6 is 11.6 Å². The van der Waals surface area contributed by atoms with Crippen LogP contribution in [0.2, 0.25) is 5.02 Å². The van der Waals surface area contributed by atoms with Crippen LogP contribution in [0.5, 0.6) is 0 Å². The number of halogens is 1. The first-order valence-electron chi connectivity index (χ1n) is 6.19. The third kappa shape index (κ3) is 4.09. The van der Waals surface area contributed by atoms with Crippen LogP contribution in [0.1, 0.15) is 10.4 Å². The zero-order valence-electron chi connectivity index (χ0n) is 10.6. The molecule has 1 aromatic rings. The largest absolute Gasteiger partial charge is 0.461 e. The van der Waals surface area contributed by atoms with Crippen molar-refractivity contribution in [1.82, 2.24) is 4.90 Å². The molecule has 0 atom stereocenters. The Balaban J connectivity index is 1.78. The third-order valence-corrected chi connectivity index (χ3v) is 3.31. The molecule has 6 heteroatoms. The van der Waals surface area contributed by atoms with E-state index in [9.17, 15) is 4.79 Å². The molecule has 0 bridgehead atoms. The molecular formula is C13H17ClN2O3. The van der Waals surface area contributed by atoms with Gasteiger partial charge in [0.05, 0.1) is 29.5 Å². The summed E-state index contributed by atoms with van der Waals surface area (Å²) in [5.41, 5.74) is 6.45. The monoisotopic (exact) mass is 284 g/mol. The van der Waals surface area contributed by atoms with Gasteiger partial charge in [0.25, 0.3) is 0 Å². The summed E-state index contributed by atoms with van der Waals surface area (Å²) in [4.78, 5) is 14.0. The zero-order valence-corrected chi connectivity index (χ0v) is 11.4. The number of nitrogens with two attached hydrogens (primary N) is 1. The summed E-state index contributed by atoms with van der Waals surface area (Å²) in [6, 6.07) is 4.73. The summed E-state index contributed by atoms with van der Waals surface area (Å²) in [6.45, 7) is 4.32. The lowest BCUT2D eigenvalue weighted by molar-refractivity contribution is 0.0195. The average molecular weight is 285 g/mol. The molecule has 0 radical (unpaired) electrons. The Hall–Kier alpha value is -1.30. The summed E-state index contributed by atoms with van der Waals surface area (Å²) in [6.07, 6.45) is 0. The Morgan fingerprint density at radius 3 is 2.84 bits per heavy atom. The number of morpholine rings is 1. The van der Waals surface area contributed by atoms with Gasteiger partial charge in [0.2, 0.25) is 0 Å². The molecule has 0 amide bonds. The number of rotatable bonds is 4. The maximum Gasteiger partial charge on any atom is 0.338 e. The van der Waals surface area contributed by atoms with Crippen LogP contribution < -0.4 is 5.73 Å². The predicted molar refractivity (Wildman–Crippen MR) is 73.4 cm³/mol. The highest BCUT2D eigenvalue weighted by molar-refractivity contribution is 6.33. The Kier molecular flexibility index (Phi) is 5.01. The van der Waals surface area contributed by atoms with Crippen LogP contribution in [0.25, 0.3) is 0 Å². The first-order chi connectivity index (χ1) is 9.16. The second-order valence-corrected chi connectivity index (χ2v) is 4.73. The molecule has 0 unspecified atom stereocenters. The first-order valence-corrected chi connectivity index (χ1v) is 6.57. The van der Waals surface area contributed by atoms with Gasteiger partial charge in [0.15, 0.2) is 0 Å². The van der Waals surface area contributed by atoms with Crippen LogP contribution in [-0.4, -0.2) is 50.3 Å². The van der Waals surface area contributed by atoms with Crippen molar-refractivity contribution in [3.8, 4) is 0 Å². The van der Waals surface area contributed by atoms with E-state index in [0.29, 0.717) is 22.9 Å². The molecule has 0 spiro atoms. The minimum absolute atomic E-state index is 0.362. The first kappa shape index (κ1) is 14.1. The summed E-state index contributed by atoms with van der Waals surface area (Å²) in [5, 5.41) is 0.364. The maximum absolute atomic E-state index is 11.8. The van der Waals surface area contributed by atoms with Crippen molar-refractivity contribution in [1.29, 1.82) is 0 Å². The molecule has 1 aromatic carbocycles. The van der Waals surface area contributed by atoms with Gasteiger partial charge in [0.1, 0.15) is 6.61 Å². The highest BCUT2D eigenvalue weighted by atomic mass is 35.5. The Morgan fingerprint density at radius 1 is 1.42 bits per heavy atom. The van der Waals surface area contributed by atoms with Gasteiger partial charge in [-0.15, -0.1) is 0 Å². The standard InChI is InChI=1S/C13H17ClN2O3/c14-11-9-10(1-2-12(11)15)13(17)19-8-5-16-3-6-18-7-4-16/h1-2,9H,3-8,15H2. The van der Waals surface area contributed by atoms with Crippen molar-refractivity contribution in [3.05, 3.63) is 28.8 Å². The van der Waals surface area contributed by atoms with Crippen molar-refractivity contribution < 1.29 is 14.3 Å². The van der Waals surface area contributed by atoms with Crippen LogP contribution in [-0.2, 0) is 9.47 Å². The predicted octanol–water partition coefficient (Wildman–Crippen LogP) is 1.41. The molecule has 1 aliphatic heterocycles. The van der Waals surface area contributed by atoms with E-state index >= 15 is 0 Å². The van der Waals surface area contributed by atoms with Crippen molar-refractivity contribution in [3.63, 3.8) is 0 Å². The van der Waals surface area contributed by atoms with Crippen molar-refractivity contribution in [2.24, 2.45) is 0 Å². The second kappa shape index (κ2) is 6.75. The van der Waals surface area contributed by atoms with Gasteiger partial charge >= 0.3 is 5.97 Å². The van der Waals surface area contributed by atoms with E-state index in [1.807, 2.05) is 0 Å². The number of hydrogen-bond donors (Lipinski definition) is 1. The number of hydrogen-bond acceptors (Lipinski definition) is 5. The van der Waals surface area contributed by atoms with E-state index in [-0.39, 0.29) is 5.97 Å². The Morgan fingerprint density at radius 2 is 2.16 bits per heavy atom. The number of anilines is 1. The molecule has 1 saturated heterocycles. The van der Waals surface area contributed by atoms with Crippen LogP contribution in [0.4, 0.5) is 5.69 Å². The maximum atomic E-state index is 11.8. The van der Waals surface area contributed by atoms with E-state index in [4.69, 9.17) is 26.8 Å². The number of benzene rings is 1. The number of esters is 1. The minimum atomic E-state index is -0.379. The topological polar surface area (TPSA) is 64.8 Å². The van der Waals surface area contributed by atoms with Crippen molar-refractivity contribution in [2.75, 3.05) is 45.2 Å². The number of nitrogens with zero attached hydrogens (tertiary/aromatic N) is 1. The molecule has 5 nitrogen and oxygen atoms in total. The van der Waals surface area contributed by atoms with Gasteiger partial charge in [-0.2, -0.15) is 0 Å². The lowest BCUT2D eigenvalue weighted by Gasteiger charge is -2.26. The van der Waals surface area contributed by atoms with E-state index in [1.165, 1.54) is 6.07 Å². The normalized spacial score (nSPS) is 16.3. The Bertz CT molecular complexity index is 448. The SMILES string of the molecule is Nc1ccc(C(=O)OCCN2CCOCC2)cc1Cl. The lowest BCUT2D eigenvalue weighted by atomic mass is 10.2. The molecule has 0 aliphatic carbocycles. The molecule has 0 aromatic heterocycles. The number of nitrogen functional groups attached to an aromatic ring is 1. The average Bonchev–Trinajstić information content (AvgIpc) is 2.43. The highest BCUT2D eigenvalue weighted by Gasteiger charge is 2.12. The zero-order chi connectivity index (χ0) is 13.7. The van der Waals surface area contributed by atoms with Gasteiger partial charge in [0, 0.05) is 19.6 Å². The fraction of sp³-hybridized carbons (Fsp3) is 0.462. The molecule has 19 heavy (non-hydrogen) atoms. The van der Waals surface area contributed by atoms with Gasteiger partial charge < -0.3 is 15.2 Å². The number of carbonyl (C=O) groups is 1. The quantitative estimate of drug-likeness (QED) is 0.669. The smallest absolute Gasteiger partial charge is 0.338 e. The Labute approximate surface area is 117 Å². The van der Waals surface area contributed by atoms with Crippen LogP contribution in [0, 0.1) is 0 Å². The molecular weight excluding hydrogens is 268 g/mol. The second-order valence-electron chi connectivity index (χ2n) is 4.33. The van der Waals surface area contributed by atoms with E-state index in [2.05, 4.69) is 4.90 Å². The van der Waals surface area contributed by atoms with Gasteiger partial charge in [-0.05, 0) is 18.2 Å². The summed E-state index contributed by atoms with van der Waals surface area (Å²) in [5.74, 6) is -0.379. The third-order valence-electron chi connectivity index (χ3n) is 2.98. The highest BCUT2D eigenvalue weighted by Crippen LogP contribution is 2.20. The summed E-state index contributed by atoms with van der Waals surface area (Å²) >= 11 is 5.86. The lowest BCUT2D eigenvalue weighted by Crippen LogP contribution is -2.38. The summed E-state index contributed by atoms with van der Waals surface area (Å²) < 4.78 is 10.4. The molecule has 2 N–H and O–H groups in total. The van der Waals surface area contributed by atoms with E-state index in [0.717, 1.165) is 32.8 Å². The molecule has 1 aliphatic rings. The van der Waals surface area contributed by atoms with Gasteiger partial charge in [-0.1, -0.05) is 11.6 Å². The number of carbonyl (C=O) groups excluding carboxylic acids is 1. The van der Waals surface area contributed by atoms with Crippen molar-refractivity contribution in [2.45, 2.75) is 0 Å². The fourth-order valence-corrected chi connectivity index (χ4v) is 2.01. The number of ether oxygens (including phenoxy) is 2. The minimum Gasteiger partial charge on any atom is -0.461 e. The van der Waals surface area contributed by atoms with E-state index in [1.54, 1.807) is 12.1 Å². The van der Waals surface area contributed by atoms with Crippen molar-refractivity contribution >= 4 is 23.3 Å².